The summed E-state index contributed by atoms with van der Waals surface area (Å²) in [5, 5.41) is 15.9. The molecule has 1 atom stereocenters. The molecular weight excluding hydrogens is 313 g/mol. The van der Waals surface area contributed by atoms with Gasteiger partial charge in [-0.1, -0.05) is 30.6 Å². The quantitative estimate of drug-likeness (QED) is 0.685. The van der Waals surface area contributed by atoms with E-state index < -0.39 is 12.0 Å². The number of benzene rings is 1. The van der Waals surface area contributed by atoms with Gasteiger partial charge in [-0.05, 0) is 37.9 Å². The van der Waals surface area contributed by atoms with Gasteiger partial charge < -0.3 is 14.9 Å². The highest BCUT2D eigenvalue weighted by atomic mass is 19.1. The van der Waals surface area contributed by atoms with E-state index in [0.717, 1.165) is 6.42 Å². The molecule has 0 radical (unpaired) electrons. The van der Waals surface area contributed by atoms with Gasteiger partial charge in [0, 0.05) is 12.0 Å². The number of carbonyl (C=O) groups is 1. The van der Waals surface area contributed by atoms with Crippen molar-refractivity contribution in [3.05, 3.63) is 35.5 Å². The van der Waals surface area contributed by atoms with Crippen LogP contribution in [0.2, 0.25) is 0 Å². The number of aryl methyl sites for hydroxylation is 2. The molecule has 0 spiro atoms. The van der Waals surface area contributed by atoms with Crippen molar-refractivity contribution < 1.29 is 18.8 Å². The summed E-state index contributed by atoms with van der Waals surface area (Å²) in [4.78, 5) is 15.3. The maximum atomic E-state index is 13.6. The fourth-order valence-corrected chi connectivity index (χ4v) is 2.32. The fourth-order valence-electron chi connectivity index (χ4n) is 2.32. The van der Waals surface area contributed by atoms with Crippen LogP contribution in [0, 0.1) is 12.7 Å². The van der Waals surface area contributed by atoms with Gasteiger partial charge in [-0.3, -0.25) is 4.79 Å². The number of aliphatic carboxylic acids is 1. The molecular formula is C17H22FN3O3. The van der Waals surface area contributed by atoms with Crippen molar-refractivity contribution in [2.75, 3.05) is 6.54 Å². The van der Waals surface area contributed by atoms with E-state index in [1.807, 2.05) is 6.92 Å². The number of aromatic nitrogens is 2. The molecule has 0 fully saturated rings. The molecule has 0 saturated carbocycles. The lowest BCUT2D eigenvalue weighted by Crippen LogP contribution is -2.37. The SMILES string of the molecule is CCCC(NCCCc1nc(-c2ccc(C)c(F)c2)no1)C(=O)O. The van der Waals surface area contributed by atoms with Gasteiger partial charge in [0.05, 0.1) is 0 Å². The summed E-state index contributed by atoms with van der Waals surface area (Å²) in [6.45, 7) is 4.19. The highest BCUT2D eigenvalue weighted by molar-refractivity contribution is 5.73. The Balaban J connectivity index is 1.85. The van der Waals surface area contributed by atoms with Crippen LogP contribution in [0.3, 0.4) is 0 Å². The first-order valence-corrected chi connectivity index (χ1v) is 8.06. The molecule has 6 nitrogen and oxygen atoms in total. The zero-order valence-corrected chi connectivity index (χ0v) is 13.9. The molecule has 0 aliphatic carbocycles. The van der Waals surface area contributed by atoms with Crippen molar-refractivity contribution in [1.29, 1.82) is 0 Å². The zero-order valence-electron chi connectivity index (χ0n) is 13.9. The van der Waals surface area contributed by atoms with Gasteiger partial charge in [0.1, 0.15) is 11.9 Å². The maximum Gasteiger partial charge on any atom is 0.320 e. The summed E-state index contributed by atoms with van der Waals surface area (Å²) in [6.07, 6.45) is 2.62. The van der Waals surface area contributed by atoms with Gasteiger partial charge in [0.2, 0.25) is 11.7 Å². The Kier molecular flexibility index (Phi) is 6.43. The normalized spacial score (nSPS) is 12.3. The van der Waals surface area contributed by atoms with Crippen LogP contribution in [0.4, 0.5) is 4.39 Å². The highest BCUT2D eigenvalue weighted by Gasteiger charge is 2.15. The first kappa shape index (κ1) is 18.1. The Labute approximate surface area is 140 Å². The van der Waals surface area contributed by atoms with Gasteiger partial charge in [0.15, 0.2) is 0 Å². The van der Waals surface area contributed by atoms with Gasteiger partial charge in [-0.2, -0.15) is 4.98 Å². The highest BCUT2D eigenvalue weighted by Crippen LogP contribution is 2.19. The second-order valence-electron chi connectivity index (χ2n) is 5.71. The Hall–Kier alpha value is -2.28. The Morgan fingerprint density at radius 3 is 2.92 bits per heavy atom. The standard InChI is InChI=1S/C17H22FN3O3/c1-3-5-14(17(22)23)19-9-4-6-15-20-16(21-24-15)12-8-7-11(2)13(18)10-12/h7-8,10,14,19H,3-6,9H2,1-2H3,(H,22,23). The van der Waals surface area contributed by atoms with Crippen molar-refractivity contribution in [3.8, 4) is 11.4 Å². The second-order valence-corrected chi connectivity index (χ2v) is 5.71. The molecule has 2 N–H and O–H groups in total. The van der Waals surface area contributed by atoms with E-state index in [9.17, 15) is 9.18 Å². The predicted octanol–water partition coefficient (Wildman–Crippen LogP) is 2.96. The Morgan fingerprint density at radius 1 is 1.46 bits per heavy atom. The van der Waals surface area contributed by atoms with Crippen molar-refractivity contribution >= 4 is 5.97 Å². The average Bonchev–Trinajstić information content (AvgIpc) is 3.01. The van der Waals surface area contributed by atoms with Crippen LogP contribution in [-0.2, 0) is 11.2 Å². The average molecular weight is 335 g/mol. The minimum atomic E-state index is -0.835. The van der Waals surface area contributed by atoms with Crippen LogP contribution in [0.1, 0.15) is 37.6 Å². The van der Waals surface area contributed by atoms with Crippen LogP contribution in [0.25, 0.3) is 11.4 Å². The molecule has 0 aliphatic rings. The van der Waals surface area contributed by atoms with Crippen LogP contribution in [0.15, 0.2) is 22.7 Å². The third-order valence-electron chi connectivity index (χ3n) is 3.73. The maximum absolute atomic E-state index is 13.6. The van der Waals surface area contributed by atoms with Crippen LogP contribution in [-0.4, -0.2) is 33.8 Å². The number of carboxylic acid groups (broad SMARTS) is 1. The molecule has 2 aromatic rings. The monoisotopic (exact) mass is 335 g/mol. The molecule has 1 aromatic heterocycles. The molecule has 1 aromatic carbocycles. The number of nitrogens with one attached hydrogen (secondary N) is 1. The molecule has 0 saturated heterocycles. The number of halogens is 1. The lowest BCUT2D eigenvalue weighted by atomic mass is 10.1. The van der Waals surface area contributed by atoms with Crippen molar-refractivity contribution in [3.63, 3.8) is 0 Å². The summed E-state index contributed by atoms with van der Waals surface area (Å²) < 4.78 is 18.7. The topological polar surface area (TPSA) is 88.3 Å². The molecule has 1 heterocycles. The van der Waals surface area contributed by atoms with Gasteiger partial charge in [-0.25, -0.2) is 4.39 Å². The Bertz CT molecular complexity index is 687. The largest absolute Gasteiger partial charge is 0.480 e. The van der Waals surface area contributed by atoms with E-state index in [-0.39, 0.29) is 5.82 Å². The van der Waals surface area contributed by atoms with E-state index in [1.54, 1.807) is 19.1 Å². The zero-order chi connectivity index (χ0) is 17.5. The first-order valence-electron chi connectivity index (χ1n) is 8.06. The van der Waals surface area contributed by atoms with Gasteiger partial charge >= 0.3 is 5.97 Å². The molecule has 0 aliphatic heterocycles. The second kappa shape index (κ2) is 8.54. The first-order chi connectivity index (χ1) is 11.5. The fraction of sp³-hybridized carbons (Fsp3) is 0.471. The lowest BCUT2D eigenvalue weighted by molar-refractivity contribution is -0.139. The third-order valence-corrected chi connectivity index (χ3v) is 3.73. The number of hydrogen-bond acceptors (Lipinski definition) is 5. The minimum absolute atomic E-state index is 0.307. The van der Waals surface area contributed by atoms with E-state index in [2.05, 4.69) is 15.5 Å². The van der Waals surface area contributed by atoms with Crippen LogP contribution >= 0.6 is 0 Å². The third kappa shape index (κ3) is 4.86. The lowest BCUT2D eigenvalue weighted by Gasteiger charge is -2.12. The molecule has 24 heavy (non-hydrogen) atoms. The molecule has 2 rings (SSSR count). The predicted molar refractivity (Wildman–Crippen MR) is 87.1 cm³/mol. The summed E-state index contributed by atoms with van der Waals surface area (Å²) >= 11 is 0. The summed E-state index contributed by atoms with van der Waals surface area (Å²) in [5.41, 5.74) is 1.13. The summed E-state index contributed by atoms with van der Waals surface area (Å²) in [7, 11) is 0. The van der Waals surface area contributed by atoms with Crippen molar-refractivity contribution in [1.82, 2.24) is 15.5 Å². The minimum Gasteiger partial charge on any atom is -0.480 e. The number of hydrogen-bond donors (Lipinski definition) is 2. The molecule has 0 bridgehead atoms. The summed E-state index contributed by atoms with van der Waals surface area (Å²) in [5.74, 6) is -0.335. The van der Waals surface area contributed by atoms with Crippen molar-refractivity contribution in [2.45, 2.75) is 45.6 Å². The van der Waals surface area contributed by atoms with Crippen molar-refractivity contribution in [2.24, 2.45) is 0 Å². The molecule has 1 unspecified atom stereocenters. The number of carboxylic acids is 1. The van der Waals surface area contributed by atoms with Crippen LogP contribution in [0.5, 0.6) is 0 Å². The van der Waals surface area contributed by atoms with E-state index in [1.165, 1.54) is 6.07 Å². The summed E-state index contributed by atoms with van der Waals surface area (Å²) in [6, 6.07) is 4.28. The molecule has 7 heteroatoms. The van der Waals surface area contributed by atoms with Gasteiger partial charge in [-0.15, -0.1) is 0 Å². The number of nitrogens with zero attached hydrogens (tertiary/aromatic N) is 2. The van der Waals surface area contributed by atoms with E-state index in [0.29, 0.717) is 48.6 Å². The van der Waals surface area contributed by atoms with E-state index >= 15 is 0 Å². The van der Waals surface area contributed by atoms with E-state index in [4.69, 9.17) is 9.63 Å². The number of rotatable bonds is 9. The molecule has 0 amide bonds. The van der Waals surface area contributed by atoms with Gasteiger partial charge in [0.25, 0.3) is 0 Å². The smallest absolute Gasteiger partial charge is 0.320 e. The van der Waals surface area contributed by atoms with Crippen LogP contribution < -0.4 is 5.32 Å². The Morgan fingerprint density at radius 2 is 2.25 bits per heavy atom. The molecule has 130 valence electrons.